The van der Waals surface area contributed by atoms with E-state index in [-0.39, 0.29) is 12.0 Å². The predicted molar refractivity (Wildman–Crippen MR) is 56.6 cm³/mol. The largest absolute Gasteiger partial charge is 0.303 e. The molecular formula is C10H15ClN2O. The molecule has 0 amide bonds. The van der Waals surface area contributed by atoms with E-state index >= 15 is 0 Å². The maximum atomic E-state index is 10.6. The Bertz CT molecular complexity index is 320. The number of nitrogens with zero attached hydrogens (tertiary/aromatic N) is 2. The molecule has 1 rings (SSSR count). The fourth-order valence-corrected chi connectivity index (χ4v) is 1.56. The van der Waals surface area contributed by atoms with E-state index in [1.54, 1.807) is 6.20 Å². The Morgan fingerprint density at radius 1 is 1.57 bits per heavy atom. The van der Waals surface area contributed by atoms with E-state index in [4.69, 9.17) is 11.6 Å². The summed E-state index contributed by atoms with van der Waals surface area (Å²) in [6, 6.07) is 0.274. The molecule has 1 atom stereocenters. The number of hydrogen-bond acceptors (Lipinski definition) is 2. The summed E-state index contributed by atoms with van der Waals surface area (Å²) < 4.78 is 1.86. The molecule has 0 spiro atoms. The molecule has 78 valence electrons. The van der Waals surface area contributed by atoms with Crippen LogP contribution in [0.15, 0.2) is 6.20 Å². The SMILES string of the molecule is CC(C=O)Cc1c(Cl)cnn1C(C)C. The van der Waals surface area contributed by atoms with Crippen LogP contribution in [0, 0.1) is 5.92 Å². The van der Waals surface area contributed by atoms with E-state index in [1.165, 1.54) is 0 Å². The van der Waals surface area contributed by atoms with E-state index < -0.39 is 0 Å². The summed E-state index contributed by atoms with van der Waals surface area (Å²) >= 11 is 5.99. The van der Waals surface area contributed by atoms with Gasteiger partial charge < -0.3 is 4.79 Å². The summed E-state index contributed by atoms with van der Waals surface area (Å²) in [4.78, 5) is 10.6. The second kappa shape index (κ2) is 4.60. The number of aldehydes is 1. The zero-order valence-electron chi connectivity index (χ0n) is 8.70. The molecule has 0 fully saturated rings. The Balaban J connectivity index is 2.93. The molecule has 1 aromatic rings. The molecule has 4 heteroatoms. The van der Waals surface area contributed by atoms with Crippen molar-refractivity contribution in [3.05, 3.63) is 16.9 Å². The highest BCUT2D eigenvalue weighted by Crippen LogP contribution is 2.21. The molecule has 14 heavy (non-hydrogen) atoms. The summed E-state index contributed by atoms with van der Waals surface area (Å²) in [5.74, 6) is -0.0123. The minimum Gasteiger partial charge on any atom is -0.303 e. The first-order valence-corrected chi connectivity index (χ1v) is 5.11. The van der Waals surface area contributed by atoms with Crippen LogP contribution in [0.3, 0.4) is 0 Å². The van der Waals surface area contributed by atoms with Gasteiger partial charge in [0.05, 0.1) is 16.9 Å². The van der Waals surface area contributed by atoms with Crippen LogP contribution in [0.2, 0.25) is 5.02 Å². The van der Waals surface area contributed by atoms with Crippen LogP contribution in [0.1, 0.15) is 32.5 Å². The van der Waals surface area contributed by atoms with E-state index in [0.717, 1.165) is 12.0 Å². The number of hydrogen-bond donors (Lipinski definition) is 0. The number of carbonyl (C=O) groups is 1. The highest BCUT2D eigenvalue weighted by Gasteiger charge is 2.14. The summed E-state index contributed by atoms with van der Waals surface area (Å²) in [5, 5.41) is 4.82. The van der Waals surface area contributed by atoms with Gasteiger partial charge in [-0.15, -0.1) is 0 Å². The lowest BCUT2D eigenvalue weighted by Gasteiger charge is -2.12. The molecule has 1 unspecified atom stereocenters. The zero-order valence-corrected chi connectivity index (χ0v) is 9.45. The minimum absolute atomic E-state index is 0.0123. The summed E-state index contributed by atoms with van der Waals surface area (Å²) in [5.41, 5.74) is 0.946. The number of rotatable bonds is 4. The van der Waals surface area contributed by atoms with Crippen molar-refractivity contribution in [2.75, 3.05) is 0 Å². The maximum Gasteiger partial charge on any atom is 0.123 e. The Morgan fingerprint density at radius 3 is 2.71 bits per heavy atom. The Labute approximate surface area is 89.1 Å². The second-order valence-corrected chi connectivity index (χ2v) is 4.20. The van der Waals surface area contributed by atoms with Crippen LogP contribution < -0.4 is 0 Å². The van der Waals surface area contributed by atoms with Crippen molar-refractivity contribution in [3.63, 3.8) is 0 Å². The second-order valence-electron chi connectivity index (χ2n) is 3.80. The normalized spacial score (nSPS) is 13.2. The lowest BCUT2D eigenvalue weighted by molar-refractivity contribution is -0.110. The Kier molecular flexibility index (Phi) is 3.69. The van der Waals surface area contributed by atoms with Crippen molar-refractivity contribution in [2.45, 2.75) is 33.2 Å². The molecule has 0 aromatic carbocycles. The molecule has 0 aliphatic heterocycles. The van der Waals surface area contributed by atoms with Crippen molar-refractivity contribution in [1.29, 1.82) is 0 Å². The fraction of sp³-hybridized carbons (Fsp3) is 0.600. The fourth-order valence-electron chi connectivity index (χ4n) is 1.36. The van der Waals surface area contributed by atoms with Gasteiger partial charge in [-0.3, -0.25) is 4.68 Å². The molecule has 3 nitrogen and oxygen atoms in total. The van der Waals surface area contributed by atoms with Crippen molar-refractivity contribution in [2.24, 2.45) is 5.92 Å². The third kappa shape index (κ3) is 2.35. The van der Waals surface area contributed by atoms with Crippen LogP contribution >= 0.6 is 11.6 Å². The highest BCUT2D eigenvalue weighted by molar-refractivity contribution is 6.31. The van der Waals surface area contributed by atoms with Crippen molar-refractivity contribution in [3.8, 4) is 0 Å². The van der Waals surface area contributed by atoms with Gasteiger partial charge in [-0.1, -0.05) is 18.5 Å². The average molecular weight is 215 g/mol. The van der Waals surface area contributed by atoms with Crippen LogP contribution in [0.25, 0.3) is 0 Å². The zero-order chi connectivity index (χ0) is 10.7. The summed E-state index contributed by atoms with van der Waals surface area (Å²) in [7, 11) is 0. The lowest BCUT2D eigenvalue weighted by atomic mass is 10.1. The van der Waals surface area contributed by atoms with E-state index in [9.17, 15) is 4.79 Å². The number of carbonyl (C=O) groups excluding carboxylic acids is 1. The van der Waals surface area contributed by atoms with Gasteiger partial charge in [0.1, 0.15) is 6.29 Å². The van der Waals surface area contributed by atoms with Gasteiger partial charge in [0, 0.05) is 18.4 Å². The number of halogens is 1. The van der Waals surface area contributed by atoms with Crippen molar-refractivity contribution < 1.29 is 4.79 Å². The molecule has 0 bridgehead atoms. The third-order valence-electron chi connectivity index (χ3n) is 2.08. The van der Waals surface area contributed by atoms with Crippen LogP contribution in [-0.4, -0.2) is 16.1 Å². The van der Waals surface area contributed by atoms with Gasteiger partial charge in [-0.05, 0) is 13.8 Å². The van der Waals surface area contributed by atoms with E-state index in [0.29, 0.717) is 11.4 Å². The van der Waals surface area contributed by atoms with Crippen LogP contribution in [0.5, 0.6) is 0 Å². The first-order chi connectivity index (χ1) is 6.56. The molecule has 1 heterocycles. The molecule has 0 aliphatic rings. The molecule has 0 saturated heterocycles. The molecule has 0 saturated carbocycles. The summed E-state index contributed by atoms with van der Waals surface area (Å²) in [6.07, 6.45) is 3.23. The minimum atomic E-state index is -0.0123. The van der Waals surface area contributed by atoms with Gasteiger partial charge in [-0.25, -0.2) is 0 Å². The first kappa shape index (κ1) is 11.2. The quantitative estimate of drug-likeness (QED) is 0.722. The molecule has 1 aromatic heterocycles. The van der Waals surface area contributed by atoms with Crippen molar-refractivity contribution >= 4 is 17.9 Å². The van der Waals surface area contributed by atoms with Gasteiger partial charge >= 0.3 is 0 Å². The third-order valence-corrected chi connectivity index (χ3v) is 2.40. The van der Waals surface area contributed by atoms with Crippen molar-refractivity contribution in [1.82, 2.24) is 9.78 Å². The molecular weight excluding hydrogens is 200 g/mol. The van der Waals surface area contributed by atoms with Gasteiger partial charge in [0.25, 0.3) is 0 Å². The Hall–Kier alpha value is -0.830. The van der Waals surface area contributed by atoms with E-state index in [2.05, 4.69) is 5.10 Å². The maximum absolute atomic E-state index is 10.6. The van der Waals surface area contributed by atoms with Gasteiger partial charge in [-0.2, -0.15) is 5.10 Å². The number of aromatic nitrogens is 2. The van der Waals surface area contributed by atoms with Crippen LogP contribution in [0.4, 0.5) is 0 Å². The Morgan fingerprint density at radius 2 is 2.21 bits per heavy atom. The molecule has 0 radical (unpaired) electrons. The molecule has 0 N–H and O–H groups in total. The monoisotopic (exact) mass is 214 g/mol. The highest BCUT2D eigenvalue weighted by atomic mass is 35.5. The van der Waals surface area contributed by atoms with Gasteiger partial charge in [0.15, 0.2) is 0 Å². The smallest absolute Gasteiger partial charge is 0.123 e. The first-order valence-electron chi connectivity index (χ1n) is 4.73. The van der Waals surface area contributed by atoms with E-state index in [1.807, 2.05) is 25.5 Å². The lowest BCUT2D eigenvalue weighted by Crippen LogP contribution is -2.11. The predicted octanol–water partition coefficient (Wildman–Crippen LogP) is 2.49. The molecule has 0 aliphatic carbocycles. The van der Waals surface area contributed by atoms with Crippen LogP contribution in [-0.2, 0) is 11.2 Å². The summed E-state index contributed by atoms with van der Waals surface area (Å²) in [6.45, 7) is 5.96. The van der Waals surface area contributed by atoms with Gasteiger partial charge in [0.2, 0.25) is 0 Å². The average Bonchev–Trinajstić information content (AvgIpc) is 2.48. The standard InChI is InChI=1S/C10H15ClN2O/c1-7(2)13-10(4-8(3)6-14)9(11)5-12-13/h5-8H,4H2,1-3H3. The topological polar surface area (TPSA) is 34.9 Å².